The number of halogens is 4. The fraction of sp³-hybridized carbons (Fsp3) is 0.381. The van der Waals surface area contributed by atoms with Gasteiger partial charge in [0.05, 0.1) is 17.8 Å². The Kier molecular flexibility index (Phi) is 8.25. The Bertz CT molecular complexity index is 938. The van der Waals surface area contributed by atoms with Gasteiger partial charge in [0, 0.05) is 42.8 Å². The molecule has 2 rings (SSSR count). The van der Waals surface area contributed by atoms with Crippen LogP contribution < -0.4 is 0 Å². The standard InChI is InChI=1S/C21H22ClF3N4O2/c1-14(10-26)8-18(11-27-3)31-20(30)29-7-6-28(12-15(29)2)13-16-9-17(22)4-5-19(16)21(23,24)25/h4-5,8-9,11,15H,3,6-7,12-13H2,1-2H3/b14-8+,18-11+/t15-/m1/s1. The first-order valence-corrected chi connectivity index (χ1v) is 9.73. The van der Waals surface area contributed by atoms with Gasteiger partial charge in [0.2, 0.25) is 0 Å². The van der Waals surface area contributed by atoms with Crippen molar-refractivity contribution in [2.45, 2.75) is 32.6 Å². The lowest BCUT2D eigenvalue weighted by atomic mass is 10.1. The van der Waals surface area contributed by atoms with Crippen LogP contribution in [0.3, 0.4) is 0 Å². The van der Waals surface area contributed by atoms with Gasteiger partial charge in [-0.15, -0.1) is 0 Å². The van der Waals surface area contributed by atoms with Crippen molar-refractivity contribution in [1.82, 2.24) is 9.80 Å². The largest absolute Gasteiger partial charge is 0.416 e. The number of hydrogen-bond acceptors (Lipinski definition) is 5. The molecule has 0 radical (unpaired) electrons. The maximum atomic E-state index is 13.3. The number of ether oxygens (including phenoxy) is 1. The summed E-state index contributed by atoms with van der Waals surface area (Å²) in [5.41, 5.74) is -0.317. The van der Waals surface area contributed by atoms with E-state index < -0.39 is 17.8 Å². The molecule has 1 aromatic carbocycles. The Labute approximate surface area is 183 Å². The highest BCUT2D eigenvalue weighted by atomic mass is 35.5. The maximum Gasteiger partial charge on any atom is 0.416 e. The summed E-state index contributed by atoms with van der Waals surface area (Å²) in [6, 6.07) is 5.13. The van der Waals surface area contributed by atoms with Gasteiger partial charge in [-0.2, -0.15) is 18.4 Å². The van der Waals surface area contributed by atoms with Gasteiger partial charge in [-0.3, -0.25) is 9.89 Å². The third kappa shape index (κ3) is 6.84. The molecule has 31 heavy (non-hydrogen) atoms. The summed E-state index contributed by atoms with van der Waals surface area (Å²) in [6.45, 7) is 7.66. The van der Waals surface area contributed by atoms with Gasteiger partial charge in [0.15, 0.2) is 5.76 Å². The second-order valence-electron chi connectivity index (χ2n) is 7.10. The Morgan fingerprint density at radius 3 is 2.74 bits per heavy atom. The van der Waals surface area contributed by atoms with E-state index in [0.717, 1.165) is 6.07 Å². The lowest BCUT2D eigenvalue weighted by Crippen LogP contribution is -2.53. The van der Waals surface area contributed by atoms with Crippen molar-refractivity contribution < 1.29 is 22.7 Å². The molecular weight excluding hydrogens is 433 g/mol. The fourth-order valence-electron chi connectivity index (χ4n) is 3.25. The van der Waals surface area contributed by atoms with Gasteiger partial charge in [-0.05, 0) is 50.4 Å². The molecular formula is C21H22ClF3N4O2. The molecule has 0 bridgehead atoms. The second-order valence-corrected chi connectivity index (χ2v) is 7.53. The molecule has 1 fully saturated rings. The molecule has 1 saturated heterocycles. The van der Waals surface area contributed by atoms with Gasteiger partial charge in [0.1, 0.15) is 0 Å². The van der Waals surface area contributed by atoms with Crippen LogP contribution in [0.1, 0.15) is 25.0 Å². The zero-order valence-corrected chi connectivity index (χ0v) is 17.9. The van der Waals surface area contributed by atoms with Crippen LogP contribution in [0.5, 0.6) is 0 Å². The van der Waals surface area contributed by atoms with Crippen LogP contribution in [0.2, 0.25) is 5.02 Å². The van der Waals surface area contributed by atoms with E-state index in [-0.39, 0.29) is 35.5 Å². The molecule has 0 saturated carbocycles. The lowest BCUT2D eigenvalue weighted by molar-refractivity contribution is -0.138. The molecule has 1 aliphatic heterocycles. The molecule has 1 heterocycles. The first kappa shape index (κ1) is 24.4. The van der Waals surface area contributed by atoms with Crippen LogP contribution in [-0.2, 0) is 17.5 Å². The van der Waals surface area contributed by atoms with Crippen LogP contribution in [0.25, 0.3) is 0 Å². The van der Waals surface area contributed by atoms with E-state index in [1.54, 1.807) is 13.8 Å². The van der Waals surface area contributed by atoms with Crippen LogP contribution in [0.4, 0.5) is 18.0 Å². The summed E-state index contributed by atoms with van der Waals surface area (Å²) < 4.78 is 45.2. The average Bonchev–Trinajstić information content (AvgIpc) is 2.67. The third-order valence-corrected chi connectivity index (χ3v) is 4.91. The summed E-state index contributed by atoms with van der Waals surface area (Å²) in [6.07, 6.45) is -2.53. The lowest BCUT2D eigenvalue weighted by Gasteiger charge is -2.39. The number of carbonyl (C=O) groups excluding carboxylic acids is 1. The fourth-order valence-corrected chi connectivity index (χ4v) is 3.44. The zero-order chi connectivity index (χ0) is 23.2. The normalized spacial score (nSPS) is 18.5. The Morgan fingerprint density at radius 1 is 1.45 bits per heavy atom. The molecule has 166 valence electrons. The number of allylic oxidation sites excluding steroid dienone is 2. The second kappa shape index (κ2) is 10.5. The molecule has 0 spiro atoms. The van der Waals surface area contributed by atoms with Crippen LogP contribution in [-0.4, -0.2) is 48.3 Å². The average molecular weight is 455 g/mol. The van der Waals surface area contributed by atoms with E-state index in [9.17, 15) is 18.0 Å². The monoisotopic (exact) mass is 454 g/mol. The SMILES string of the molecule is C=N/C=C(\C=C(/C)C#N)OC(=O)N1CCN(Cc2cc(Cl)ccc2C(F)(F)F)C[C@H]1C. The van der Waals surface area contributed by atoms with Crippen molar-refractivity contribution in [3.05, 3.63) is 58.0 Å². The molecule has 1 aromatic rings. The minimum absolute atomic E-state index is 0.0538. The van der Waals surface area contributed by atoms with Crippen molar-refractivity contribution in [3.8, 4) is 6.07 Å². The van der Waals surface area contributed by atoms with Crippen LogP contribution >= 0.6 is 11.6 Å². The molecule has 0 N–H and O–H groups in total. The van der Waals surface area contributed by atoms with Crippen molar-refractivity contribution >= 4 is 24.4 Å². The smallest absolute Gasteiger partial charge is 0.409 e. The van der Waals surface area contributed by atoms with Gasteiger partial charge >= 0.3 is 12.3 Å². The predicted molar refractivity (Wildman–Crippen MR) is 111 cm³/mol. The van der Waals surface area contributed by atoms with Crippen LogP contribution in [0.15, 0.2) is 46.8 Å². The van der Waals surface area contributed by atoms with Crippen molar-refractivity contribution in [1.29, 1.82) is 5.26 Å². The highest BCUT2D eigenvalue weighted by Gasteiger charge is 2.35. The molecule has 1 amide bonds. The van der Waals surface area contributed by atoms with Gasteiger partial charge in [0.25, 0.3) is 0 Å². The Balaban J connectivity index is 2.07. The van der Waals surface area contributed by atoms with E-state index >= 15 is 0 Å². The summed E-state index contributed by atoms with van der Waals surface area (Å²) in [5, 5.41) is 9.12. The number of hydrogen-bond donors (Lipinski definition) is 0. The predicted octanol–water partition coefficient (Wildman–Crippen LogP) is 5.01. The number of nitriles is 1. The molecule has 6 nitrogen and oxygen atoms in total. The highest BCUT2D eigenvalue weighted by Crippen LogP contribution is 2.34. The number of benzene rings is 1. The first-order chi connectivity index (χ1) is 14.5. The van der Waals surface area contributed by atoms with Gasteiger partial charge in [-0.1, -0.05) is 11.6 Å². The van der Waals surface area contributed by atoms with E-state index in [1.807, 2.05) is 11.0 Å². The number of alkyl halides is 3. The molecule has 0 aliphatic carbocycles. The summed E-state index contributed by atoms with van der Waals surface area (Å²) in [5.74, 6) is 0.0717. The first-order valence-electron chi connectivity index (χ1n) is 9.36. The summed E-state index contributed by atoms with van der Waals surface area (Å²) in [4.78, 5) is 19.4. The molecule has 0 unspecified atom stereocenters. The number of piperazine rings is 1. The highest BCUT2D eigenvalue weighted by molar-refractivity contribution is 6.30. The van der Waals surface area contributed by atoms with Crippen molar-refractivity contribution in [3.63, 3.8) is 0 Å². The van der Waals surface area contributed by atoms with E-state index in [4.69, 9.17) is 21.6 Å². The topological polar surface area (TPSA) is 68.9 Å². The van der Waals surface area contributed by atoms with Crippen molar-refractivity contribution in [2.24, 2.45) is 4.99 Å². The maximum absolute atomic E-state index is 13.3. The van der Waals surface area contributed by atoms with Crippen LogP contribution in [0, 0.1) is 11.3 Å². The van der Waals surface area contributed by atoms with E-state index in [0.29, 0.717) is 18.7 Å². The Morgan fingerprint density at radius 2 is 2.16 bits per heavy atom. The summed E-state index contributed by atoms with van der Waals surface area (Å²) >= 11 is 5.90. The molecule has 0 aromatic heterocycles. The number of aliphatic imine (C=N–C) groups is 1. The minimum Gasteiger partial charge on any atom is -0.409 e. The zero-order valence-electron chi connectivity index (χ0n) is 17.1. The van der Waals surface area contributed by atoms with Crippen molar-refractivity contribution in [2.75, 3.05) is 19.6 Å². The van der Waals surface area contributed by atoms with E-state index in [1.165, 1.54) is 29.3 Å². The van der Waals surface area contributed by atoms with Gasteiger partial charge in [-0.25, -0.2) is 4.79 Å². The molecule has 1 aliphatic rings. The summed E-state index contributed by atoms with van der Waals surface area (Å²) in [7, 11) is 0. The third-order valence-electron chi connectivity index (χ3n) is 4.67. The number of nitrogens with zero attached hydrogens (tertiary/aromatic N) is 4. The number of carbonyl (C=O) groups is 1. The minimum atomic E-state index is -4.48. The number of amides is 1. The quantitative estimate of drug-likeness (QED) is 0.271. The Hall–Kier alpha value is -2.83. The van der Waals surface area contributed by atoms with Gasteiger partial charge < -0.3 is 9.64 Å². The van der Waals surface area contributed by atoms with E-state index in [2.05, 4.69) is 11.7 Å². The molecule has 1 atom stereocenters. The number of rotatable bonds is 5. The molecule has 10 heteroatoms.